The van der Waals surface area contributed by atoms with E-state index in [1.807, 2.05) is 0 Å². The highest BCUT2D eigenvalue weighted by atomic mass is 35.5. The van der Waals surface area contributed by atoms with E-state index >= 15 is 0 Å². The van der Waals surface area contributed by atoms with Crippen molar-refractivity contribution in [3.63, 3.8) is 0 Å². The van der Waals surface area contributed by atoms with Crippen LogP contribution < -0.4 is 10.6 Å². The van der Waals surface area contributed by atoms with Gasteiger partial charge in [-0.2, -0.15) is 0 Å². The van der Waals surface area contributed by atoms with Crippen LogP contribution in [0.2, 0.25) is 10.0 Å². The normalized spacial score (nSPS) is 10.3. The van der Waals surface area contributed by atoms with Crippen molar-refractivity contribution in [2.24, 2.45) is 0 Å². The highest BCUT2D eigenvalue weighted by Gasteiger charge is 2.26. The molecule has 0 saturated carbocycles. The van der Waals surface area contributed by atoms with Gasteiger partial charge in [0.25, 0.3) is 0 Å². The third-order valence-electron chi connectivity index (χ3n) is 3.48. The second-order valence-corrected chi connectivity index (χ2v) is 7.20. The van der Waals surface area contributed by atoms with E-state index in [-0.39, 0.29) is 22.0 Å². The number of hydrogen-bond acceptors (Lipinski definition) is 7. The van der Waals surface area contributed by atoms with E-state index in [9.17, 15) is 14.4 Å². The molecule has 144 valence electrons. The summed E-state index contributed by atoms with van der Waals surface area (Å²) in [5.74, 6) is -1.70. The molecule has 2 N–H and O–H groups in total. The Labute approximate surface area is 169 Å². The molecule has 7 nitrogen and oxygen atoms in total. The summed E-state index contributed by atoms with van der Waals surface area (Å²) in [6, 6.07) is 4.80. The highest BCUT2D eigenvalue weighted by molar-refractivity contribution is 7.18. The summed E-state index contributed by atoms with van der Waals surface area (Å²) in [5, 5.41) is 6.54. The van der Waals surface area contributed by atoms with Crippen molar-refractivity contribution in [3.8, 4) is 0 Å². The number of hydrogen-bond donors (Lipinski definition) is 2. The van der Waals surface area contributed by atoms with E-state index in [1.54, 1.807) is 25.1 Å². The molecule has 0 atom stereocenters. The number of esters is 2. The summed E-state index contributed by atoms with van der Waals surface area (Å²) in [4.78, 5) is 36.4. The third kappa shape index (κ3) is 5.12. The zero-order valence-electron chi connectivity index (χ0n) is 14.6. The first-order valence-electron chi connectivity index (χ1n) is 7.56. The lowest BCUT2D eigenvalue weighted by Crippen LogP contribution is -2.22. The molecule has 0 aliphatic rings. The van der Waals surface area contributed by atoms with Gasteiger partial charge >= 0.3 is 11.9 Å². The molecule has 1 aromatic heterocycles. The second kappa shape index (κ2) is 9.07. The van der Waals surface area contributed by atoms with E-state index in [4.69, 9.17) is 32.7 Å². The Kier molecular flexibility index (Phi) is 7.06. The number of anilines is 2. The number of carbonyl (C=O) groups is 3. The van der Waals surface area contributed by atoms with Crippen molar-refractivity contribution >= 4 is 63.1 Å². The molecule has 2 rings (SSSR count). The summed E-state index contributed by atoms with van der Waals surface area (Å²) >= 11 is 12.8. The van der Waals surface area contributed by atoms with Crippen molar-refractivity contribution in [1.29, 1.82) is 0 Å². The molecular weight excluding hydrogens is 415 g/mol. The molecule has 2 aromatic rings. The maximum atomic E-state index is 12.3. The van der Waals surface area contributed by atoms with Gasteiger partial charge in [-0.1, -0.05) is 23.2 Å². The smallest absolute Gasteiger partial charge is 0.348 e. The second-order valence-electron chi connectivity index (χ2n) is 5.30. The van der Waals surface area contributed by atoms with Gasteiger partial charge in [0, 0.05) is 15.7 Å². The molecule has 27 heavy (non-hydrogen) atoms. The fraction of sp³-hybridized carbons (Fsp3) is 0.235. The molecule has 0 bridgehead atoms. The molecule has 0 spiro atoms. The van der Waals surface area contributed by atoms with E-state index in [1.165, 1.54) is 14.2 Å². The van der Waals surface area contributed by atoms with Crippen molar-refractivity contribution in [2.75, 3.05) is 31.4 Å². The van der Waals surface area contributed by atoms with Crippen LogP contribution in [0.3, 0.4) is 0 Å². The summed E-state index contributed by atoms with van der Waals surface area (Å²) in [5.41, 5.74) is 1.05. The van der Waals surface area contributed by atoms with Gasteiger partial charge in [0.15, 0.2) is 0 Å². The van der Waals surface area contributed by atoms with Gasteiger partial charge in [0.05, 0.1) is 26.3 Å². The first-order valence-corrected chi connectivity index (χ1v) is 9.13. The van der Waals surface area contributed by atoms with Crippen molar-refractivity contribution in [2.45, 2.75) is 6.92 Å². The molecule has 1 amide bonds. The Balaban J connectivity index is 2.18. The first-order chi connectivity index (χ1) is 12.8. The molecule has 0 aliphatic carbocycles. The number of carbonyl (C=O) groups excluding carboxylic acids is 3. The first kappa shape index (κ1) is 21.0. The lowest BCUT2D eigenvalue weighted by Gasteiger charge is -2.09. The van der Waals surface area contributed by atoms with Gasteiger partial charge in [-0.25, -0.2) is 9.59 Å². The Bertz CT molecular complexity index is 877. The van der Waals surface area contributed by atoms with Crippen LogP contribution in [0.4, 0.5) is 10.7 Å². The van der Waals surface area contributed by atoms with Gasteiger partial charge in [-0.15, -0.1) is 11.3 Å². The van der Waals surface area contributed by atoms with Crippen LogP contribution in [0.25, 0.3) is 0 Å². The van der Waals surface area contributed by atoms with Gasteiger partial charge in [-0.3, -0.25) is 4.79 Å². The lowest BCUT2D eigenvalue weighted by molar-refractivity contribution is -0.114. The van der Waals surface area contributed by atoms with E-state index in [0.717, 1.165) is 11.3 Å². The molecule has 0 aliphatic heterocycles. The molecule has 0 radical (unpaired) electrons. The quantitative estimate of drug-likeness (QED) is 0.672. The molecule has 0 unspecified atom stereocenters. The van der Waals surface area contributed by atoms with E-state index in [2.05, 4.69) is 10.6 Å². The SMILES string of the molecule is COC(=O)c1sc(NC(=O)CNc2cc(Cl)cc(Cl)c2)c(C(=O)OC)c1C. The largest absolute Gasteiger partial charge is 0.465 e. The summed E-state index contributed by atoms with van der Waals surface area (Å²) in [6.45, 7) is 1.47. The highest BCUT2D eigenvalue weighted by Crippen LogP contribution is 2.34. The van der Waals surface area contributed by atoms with Crippen LogP contribution in [-0.2, 0) is 14.3 Å². The standard InChI is InChI=1S/C17H16Cl2N2O5S/c1-8-13(16(23)25-2)15(27-14(8)17(24)26-3)21-12(22)7-20-11-5-9(18)4-10(19)6-11/h4-6,20H,7H2,1-3H3,(H,21,22). The number of rotatable bonds is 6. The number of benzene rings is 1. The minimum atomic E-state index is -0.663. The van der Waals surface area contributed by atoms with Crippen LogP contribution in [-0.4, -0.2) is 38.6 Å². The molecule has 1 heterocycles. The zero-order chi connectivity index (χ0) is 20.1. The zero-order valence-corrected chi connectivity index (χ0v) is 17.0. The monoisotopic (exact) mass is 430 g/mol. The maximum absolute atomic E-state index is 12.3. The number of thiophene rings is 1. The van der Waals surface area contributed by atoms with Crippen LogP contribution in [0, 0.1) is 6.92 Å². The number of nitrogens with one attached hydrogen (secondary N) is 2. The molecule has 0 saturated heterocycles. The minimum absolute atomic E-state index is 0.109. The Morgan fingerprint density at radius 3 is 2.19 bits per heavy atom. The Morgan fingerprint density at radius 2 is 1.63 bits per heavy atom. The Morgan fingerprint density at radius 1 is 1.04 bits per heavy atom. The van der Waals surface area contributed by atoms with Crippen LogP contribution >= 0.6 is 34.5 Å². The van der Waals surface area contributed by atoms with Crippen LogP contribution in [0.1, 0.15) is 25.6 Å². The third-order valence-corrected chi connectivity index (χ3v) is 5.10. The van der Waals surface area contributed by atoms with Gasteiger partial charge in [-0.05, 0) is 30.7 Å². The van der Waals surface area contributed by atoms with Gasteiger partial charge in [0.2, 0.25) is 5.91 Å². The fourth-order valence-electron chi connectivity index (χ4n) is 2.25. The summed E-state index contributed by atoms with van der Waals surface area (Å²) in [6.07, 6.45) is 0. The topological polar surface area (TPSA) is 93.7 Å². The minimum Gasteiger partial charge on any atom is -0.465 e. The van der Waals surface area contributed by atoms with E-state index in [0.29, 0.717) is 21.3 Å². The van der Waals surface area contributed by atoms with E-state index < -0.39 is 17.8 Å². The predicted molar refractivity (Wildman–Crippen MR) is 105 cm³/mol. The lowest BCUT2D eigenvalue weighted by atomic mass is 10.1. The molecule has 0 fully saturated rings. The van der Waals surface area contributed by atoms with Gasteiger partial charge in [0.1, 0.15) is 9.88 Å². The van der Waals surface area contributed by atoms with Crippen molar-refractivity contribution < 1.29 is 23.9 Å². The number of ether oxygens (including phenoxy) is 2. The van der Waals surface area contributed by atoms with Crippen molar-refractivity contribution in [1.82, 2.24) is 0 Å². The number of methoxy groups -OCH3 is 2. The molecule has 10 heteroatoms. The Hall–Kier alpha value is -2.29. The van der Waals surface area contributed by atoms with Gasteiger partial charge < -0.3 is 20.1 Å². The average Bonchev–Trinajstić information content (AvgIpc) is 2.94. The van der Waals surface area contributed by atoms with Crippen molar-refractivity contribution in [3.05, 3.63) is 44.2 Å². The maximum Gasteiger partial charge on any atom is 0.348 e. The number of halogens is 2. The van der Waals surface area contributed by atoms with Crippen LogP contribution in [0.5, 0.6) is 0 Å². The predicted octanol–water partition coefficient (Wildman–Crippen LogP) is 3.99. The summed E-state index contributed by atoms with van der Waals surface area (Å²) in [7, 11) is 2.45. The molecular formula is C17H16Cl2N2O5S. The summed E-state index contributed by atoms with van der Waals surface area (Å²) < 4.78 is 9.44. The fourth-order valence-corrected chi connectivity index (χ4v) is 3.90. The molecule has 1 aromatic carbocycles. The van der Waals surface area contributed by atoms with Crippen LogP contribution in [0.15, 0.2) is 18.2 Å². The average molecular weight is 431 g/mol. The number of amides is 1.